The number of carboxylic acids is 1. The Balaban J connectivity index is 1.31. The van der Waals surface area contributed by atoms with Crippen LogP contribution < -0.4 is 10.6 Å². The van der Waals surface area contributed by atoms with Crippen molar-refractivity contribution in [1.82, 2.24) is 10.6 Å². The average Bonchev–Trinajstić information content (AvgIpc) is 3.70. The molecule has 6 aliphatic rings. The van der Waals surface area contributed by atoms with Gasteiger partial charge in [-0.3, -0.25) is 14.4 Å². The number of esters is 1. The van der Waals surface area contributed by atoms with Crippen molar-refractivity contribution in [2.45, 2.75) is 157 Å². The highest BCUT2D eigenvalue weighted by molar-refractivity contribution is 5.92. The molecule has 0 saturated heterocycles. The molecular formula is C39H60N2O6. The normalized spacial score (nSPS) is 40.9. The molecule has 0 radical (unpaired) electrons. The van der Waals surface area contributed by atoms with E-state index in [4.69, 9.17) is 4.74 Å². The van der Waals surface area contributed by atoms with Gasteiger partial charge in [0, 0.05) is 23.8 Å². The van der Waals surface area contributed by atoms with Gasteiger partial charge in [0.05, 0.1) is 17.4 Å². The Morgan fingerprint density at radius 2 is 1.62 bits per heavy atom. The van der Waals surface area contributed by atoms with Crippen LogP contribution in [0.25, 0.3) is 0 Å². The minimum atomic E-state index is -1.16. The quantitative estimate of drug-likeness (QED) is 0.192. The van der Waals surface area contributed by atoms with Gasteiger partial charge in [0.15, 0.2) is 0 Å². The highest BCUT2D eigenvalue weighted by Crippen LogP contribution is 2.75. The van der Waals surface area contributed by atoms with E-state index in [9.17, 15) is 24.3 Å². The number of aliphatic carboxylic acids is 1. The Kier molecular flexibility index (Phi) is 8.12. The molecule has 5 fully saturated rings. The number of ketones is 1. The second-order valence-electron chi connectivity index (χ2n) is 18.9. The largest absolute Gasteiger partial charge is 0.481 e. The summed E-state index contributed by atoms with van der Waals surface area (Å²) in [5, 5.41) is 16.1. The van der Waals surface area contributed by atoms with Crippen molar-refractivity contribution in [3.05, 3.63) is 11.1 Å². The van der Waals surface area contributed by atoms with Crippen molar-refractivity contribution in [2.24, 2.45) is 50.7 Å². The number of nitrogens with one attached hydrogen (secondary N) is 2. The van der Waals surface area contributed by atoms with E-state index in [-0.39, 0.29) is 63.9 Å². The molecule has 0 heterocycles. The summed E-state index contributed by atoms with van der Waals surface area (Å²) in [7, 11) is 0. The van der Waals surface area contributed by atoms with Crippen LogP contribution >= 0.6 is 0 Å². The minimum absolute atomic E-state index is 0.0412. The topological polar surface area (TPSA) is 122 Å². The standard InChI is InChI=1S/C39H60N2O6/c1-22(2)30-25(42)20-39(41-33(46)40-23-10-11-23)19-18-37(8)24(31(30)39)12-13-27-36(7)16-15-28(47-29(43)21-34(3,4)32(44)45)35(5,6)26(36)14-17-38(27,37)9/h22-23,26-28,30H,10-21H2,1-9H3,(H,44,45)(H2,40,41,46)/t26?,27?,28-,30?,36-,37+,38+,39+/m0/s1. The summed E-state index contributed by atoms with van der Waals surface area (Å²) in [6.07, 6.45) is 9.75. The second-order valence-corrected chi connectivity index (χ2v) is 18.9. The van der Waals surface area contributed by atoms with Crippen LogP contribution in [0.3, 0.4) is 0 Å². The van der Waals surface area contributed by atoms with Gasteiger partial charge in [-0.15, -0.1) is 0 Å². The summed E-state index contributed by atoms with van der Waals surface area (Å²) in [5.41, 5.74) is 0.784. The van der Waals surface area contributed by atoms with E-state index in [1.165, 1.54) is 11.1 Å². The third kappa shape index (κ3) is 5.19. The lowest BCUT2D eigenvalue weighted by molar-refractivity contribution is -0.214. The van der Waals surface area contributed by atoms with Gasteiger partial charge in [-0.2, -0.15) is 0 Å². The minimum Gasteiger partial charge on any atom is -0.481 e. The maximum atomic E-state index is 13.8. The predicted octanol–water partition coefficient (Wildman–Crippen LogP) is 7.59. The molecule has 6 rings (SSSR count). The van der Waals surface area contributed by atoms with E-state index in [1.54, 1.807) is 13.8 Å². The van der Waals surface area contributed by atoms with Crippen LogP contribution in [-0.4, -0.2) is 46.5 Å². The van der Waals surface area contributed by atoms with Crippen LogP contribution in [0.2, 0.25) is 0 Å². The van der Waals surface area contributed by atoms with Crippen LogP contribution in [0.5, 0.6) is 0 Å². The van der Waals surface area contributed by atoms with E-state index in [1.807, 2.05) is 0 Å². The highest BCUT2D eigenvalue weighted by Gasteiger charge is 2.69. The molecule has 2 amide bonds. The van der Waals surface area contributed by atoms with Crippen molar-refractivity contribution in [1.29, 1.82) is 0 Å². The predicted molar refractivity (Wildman–Crippen MR) is 180 cm³/mol. The zero-order valence-corrected chi connectivity index (χ0v) is 30.4. The molecule has 5 saturated carbocycles. The summed E-state index contributed by atoms with van der Waals surface area (Å²) < 4.78 is 6.13. The van der Waals surface area contributed by atoms with Gasteiger partial charge in [-0.05, 0) is 118 Å². The molecule has 0 aromatic rings. The Hall–Kier alpha value is -2.38. The number of hydrogen-bond acceptors (Lipinski definition) is 5. The number of hydrogen-bond donors (Lipinski definition) is 3. The number of ether oxygens (including phenoxy) is 1. The zero-order chi connectivity index (χ0) is 34.5. The molecule has 0 spiro atoms. The van der Waals surface area contributed by atoms with Gasteiger partial charge < -0.3 is 20.5 Å². The number of carbonyl (C=O) groups is 4. The smallest absolute Gasteiger partial charge is 0.315 e. The van der Waals surface area contributed by atoms with E-state index >= 15 is 0 Å². The number of allylic oxidation sites excluding steroid dienone is 1. The van der Waals surface area contributed by atoms with Crippen molar-refractivity contribution < 1.29 is 29.0 Å². The second kappa shape index (κ2) is 11.1. The summed E-state index contributed by atoms with van der Waals surface area (Å²) in [6, 6.07) is 0.143. The zero-order valence-electron chi connectivity index (χ0n) is 30.4. The SMILES string of the molecule is CC(C)C1C(=O)C[C@]2(NC(=O)NC3CC3)CC[C@]3(C)C(=C12)CCC1[C@@]2(C)CC[C@H](OC(=O)CC(C)(C)C(=O)O)C(C)(C)C2CC[C@]13C. The molecule has 8 nitrogen and oxygen atoms in total. The number of amides is 2. The molecule has 8 heteroatoms. The summed E-state index contributed by atoms with van der Waals surface area (Å²) in [4.78, 5) is 51.8. The number of urea groups is 1. The third-order valence-electron chi connectivity index (χ3n) is 15.0. The molecule has 262 valence electrons. The fraction of sp³-hybridized carbons (Fsp3) is 0.846. The monoisotopic (exact) mass is 652 g/mol. The van der Waals surface area contributed by atoms with Crippen molar-refractivity contribution in [2.75, 3.05) is 0 Å². The Morgan fingerprint density at radius 3 is 2.23 bits per heavy atom. The number of carboxylic acid groups (broad SMARTS) is 1. The lowest BCUT2D eigenvalue weighted by Gasteiger charge is -2.70. The number of carbonyl (C=O) groups excluding carboxylic acids is 3. The number of fused-ring (bicyclic) bond motifs is 6. The summed E-state index contributed by atoms with van der Waals surface area (Å²) >= 11 is 0. The van der Waals surface area contributed by atoms with Crippen LogP contribution in [0.1, 0.15) is 139 Å². The Bertz CT molecular complexity index is 1390. The lowest BCUT2D eigenvalue weighted by Crippen LogP contribution is -2.65. The van der Waals surface area contributed by atoms with E-state index < -0.39 is 22.9 Å². The average molecular weight is 653 g/mol. The van der Waals surface area contributed by atoms with Crippen LogP contribution in [-0.2, 0) is 19.1 Å². The van der Waals surface area contributed by atoms with Gasteiger partial charge in [-0.1, -0.05) is 54.0 Å². The van der Waals surface area contributed by atoms with E-state index in [0.717, 1.165) is 64.2 Å². The molecule has 47 heavy (non-hydrogen) atoms. The van der Waals surface area contributed by atoms with Crippen molar-refractivity contribution >= 4 is 23.8 Å². The fourth-order valence-corrected chi connectivity index (χ4v) is 12.1. The third-order valence-corrected chi connectivity index (χ3v) is 15.0. The van der Waals surface area contributed by atoms with Gasteiger partial charge >= 0.3 is 18.0 Å². The van der Waals surface area contributed by atoms with Crippen LogP contribution in [0.4, 0.5) is 4.79 Å². The number of Topliss-reactive ketones (excluding diaryl/α,β-unsaturated/α-hetero) is 1. The number of rotatable bonds is 7. The first-order valence-corrected chi connectivity index (χ1v) is 18.5. The van der Waals surface area contributed by atoms with Gasteiger partial charge in [0.25, 0.3) is 0 Å². The highest BCUT2D eigenvalue weighted by atomic mass is 16.5. The fourth-order valence-electron chi connectivity index (χ4n) is 12.1. The maximum absolute atomic E-state index is 13.8. The van der Waals surface area contributed by atoms with Crippen LogP contribution in [0.15, 0.2) is 11.1 Å². The Morgan fingerprint density at radius 1 is 0.936 bits per heavy atom. The molecule has 0 aromatic carbocycles. The van der Waals surface area contributed by atoms with Gasteiger partial charge in [0.2, 0.25) is 0 Å². The van der Waals surface area contributed by atoms with Gasteiger partial charge in [-0.25, -0.2) is 4.79 Å². The van der Waals surface area contributed by atoms with Crippen molar-refractivity contribution in [3.63, 3.8) is 0 Å². The van der Waals surface area contributed by atoms with E-state index in [2.05, 4.69) is 59.1 Å². The first kappa shape index (κ1) is 34.5. The lowest BCUT2D eigenvalue weighted by atomic mass is 9.34. The molecule has 3 unspecified atom stereocenters. The Labute approximate surface area is 282 Å². The molecule has 8 atom stereocenters. The molecule has 6 aliphatic carbocycles. The molecule has 0 bridgehead atoms. The van der Waals surface area contributed by atoms with Gasteiger partial charge in [0.1, 0.15) is 11.9 Å². The maximum Gasteiger partial charge on any atom is 0.315 e. The first-order valence-electron chi connectivity index (χ1n) is 18.5. The van der Waals surface area contributed by atoms with Crippen LogP contribution in [0, 0.1) is 50.7 Å². The van der Waals surface area contributed by atoms with Crippen molar-refractivity contribution in [3.8, 4) is 0 Å². The molecule has 0 aromatic heterocycles. The molecular weight excluding hydrogens is 592 g/mol. The summed E-state index contributed by atoms with van der Waals surface area (Å²) in [6.45, 7) is 19.5. The van der Waals surface area contributed by atoms with E-state index in [0.29, 0.717) is 18.3 Å². The molecule has 0 aliphatic heterocycles. The molecule has 3 N–H and O–H groups in total. The first-order chi connectivity index (χ1) is 21.7. The summed E-state index contributed by atoms with van der Waals surface area (Å²) in [5.74, 6) is -0.236.